The molecule has 2 rings (SSSR count). The monoisotopic (exact) mass is 340 g/mol. The number of nitrogens with one attached hydrogen (secondary N) is 3. The van der Waals surface area contributed by atoms with E-state index in [1.807, 2.05) is 0 Å². The second-order valence-electron chi connectivity index (χ2n) is 4.10. The van der Waals surface area contributed by atoms with Crippen LogP contribution in [0.5, 0.6) is 0 Å². The second kappa shape index (κ2) is 5.93. The van der Waals surface area contributed by atoms with Crippen LogP contribution in [0.25, 0.3) is 0 Å². The Hall–Kier alpha value is -0.750. The molecule has 0 bridgehead atoms. The first-order valence-corrected chi connectivity index (χ1v) is 8.42. The number of fused-ring (bicyclic) bond motifs is 1. The third kappa shape index (κ3) is 3.28. The Bertz CT molecular complexity index is 652. The van der Waals surface area contributed by atoms with Crippen molar-refractivity contribution in [2.24, 2.45) is 0 Å². The summed E-state index contributed by atoms with van der Waals surface area (Å²) in [5, 5.41) is 4.49. The number of halogens is 1. The minimum atomic E-state index is -3.73. The number of rotatable bonds is 4. The first kappa shape index (κ1) is 15.6. The van der Waals surface area contributed by atoms with Crippen LogP contribution < -0.4 is 14.9 Å². The molecular weight excluding hydrogens is 328 g/mol. The molecule has 1 aliphatic heterocycles. The van der Waals surface area contributed by atoms with Crippen molar-refractivity contribution in [2.75, 3.05) is 18.4 Å². The highest BCUT2D eigenvalue weighted by Gasteiger charge is 2.29. The SMILES string of the molecule is CNCN1Cc2cc(Cl)c(NS(=O)O)cc2S(=O)(=O)N1. The van der Waals surface area contributed by atoms with Gasteiger partial charge < -0.3 is 5.32 Å². The minimum Gasteiger partial charge on any atom is -0.306 e. The van der Waals surface area contributed by atoms with Gasteiger partial charge in [-0.25, -0.2) is 17.6 Å². The van der Waals surface area contributed by atoms with Crippen molar-refractivity contribution < 1.29 is 17.2 Å². The molecule has 1 unspecified atom stereocenters. The van der Waals surface area contributed by atoms with E-state index in [4.69, 9.17) is 16.2 Å². The largest absolute Gasteiger partial charge is 0.306 e. The molecule has 1 atom stereocenters. The van der Waals surface area contributed by atoms with Crippen LogP contribution in [0.4, 0.5) is 5.69 Å². The van der Waals surface area contributed by atoms with Gasteiger partial charge in [0.2, 0.25) is 0 Å². The van der Waals surface area contributed by atoms with E-state index in [1.54, 1.807) is 7.05 Å². The lowest BCUT2D eigenvalue weighted by Crippen LogP contribution is -2.48. The fourth-order valence-electron chi connectivity index (χ4n) is 1.88. The van der Waals surface area contributed by atoms with E-state index in [0.29, 0.717) is 18.8 Å². The van der Waals surface area contributed by atoms with Crippen LogP contribution in [0.2, 0.25) is 5.02 Å². The first-order chi connectivity index (χ1) is 9.33. The maximum atomic E-state index is 12.1. The summed E-state index contributed by atoms with van der Waals surface area (Å²) in [6.07, 6.45) is 0. The van der Waals surface area contributed by atoms with Gasteiger partial charge in [0.25, 0.3) is 21.3 Å². The average Bonchev–Trinajstić information content (AvgIpc) is 2.30. The normalized spacial score (nSPS) is 19.4. The van der Waals surface area contributed by atoms with Gasteiger partial charge in [0.1, 0.15) is 0 Å². The van der Waals surface area contributed by atoms with E-state index in [0.717, 1.165) is 0 Å². The Labute approximate surface area is 123 Å². The fourth-order valence-corrected chi connectivity index (χ4v) is 3.83. The molecule has 4 N–H and O–H groups in total. The fraction of sp³-hybridized carbons (Fsp3) is 0.333. The van der Waals surface area contributed by atoms with Gasteiger partial charge in [0.15, 0.2) is 0 Å². The van der Waals surface area contributed by atoms with E-state index in [9.17, 15) is 12.6 Å². The summed E-state index contributed by atoms with van der Waals surface area (Å²) in [7, 11) is -2.04. The lowest BCUT2D eigenvalue weighted by molar-refractivity contribution is 0.210. The molecule has 0 aliphatic carbocycles. The summed E-state index contributed by atoms with van der Waals surface area (Å²) in [6, 6.07) is 2.71. The van der Waals surface area contributed by atoms with Crippen LogP contribution in [0.3, 0.4) is 0 Å². The molecule has 0 spiro atoms. The van der Waals surface area contributed by atoms with Crippen molar-refractivity contribution in [1.29, 1.82) is 0 Å². The number of nitrogens with zero attached hydrogens (tertiary/aromatic N) is 1. The van der Waals surface area contributed by atoms with E-state index in [2.05, 4.69) is 14.9 Å². The Balaban J connectivity index is 2.46. The van der Waals surface area contributed by atoms with Crippen LogP contribution in [0.1, 0.15) is 5.56 Å². The molecular formula is C9H13ClN4O4S2. The molecule has 11 heteroatoms. The summed E-state index contributed by atoms with van der Waals surface area (Å²) in [6.45, 7) is 0.661. The van der Waals surface area contributed by atoms with Crippen LogP contribution in [-0.4, -0.2) is 35.9 Å². The predicted molar refractivity (Wildman–Crippen MR) is 75.6 cm³/mol. The van der Waals surface area contributed by atoms with Gasteiger partial charge in [-0.1, -0.05) is 11.6 Å². The van der Waals surface area contributed by atoms with Gasteiger partial charge in [-0.05, 0) is 24.7 Å². The van der Waals surface area contributed by atoms with Crippen molar-refractivity contribution in [1.82, 2.24) is 15.2 Å². The second-order valence-corrected chi connectivity index (χ2v) is 6.83. The average molecular weight is 341 g/mol. The predicted octanol–water partition coefficient (Wildman–Crippen LogP) is 0.0744. The number of anilines is 1. The van der Waals surface area contributed by atoms with Crippen molar-refractivity contribution in [2.45, 2.75) is 11.4 Å². The Kier molecular flexibility index (Phi) is 4.64. The molecule has 1 aromatic carbocycles. The Morgan fingerprint density at radius 2 is 2.25 bits per heavy atom. The summed E-state index contributed by atoms with van der Waals surface area (Å²) < 4.78 is 46.0. The molecule has 0 amide bonds. The molecule has 112 valence electrons. The zero-order valence-electron chi connectivity index (χ0n) is 10.4. The highest BCUT2D eigenvalue weighted by molar-refractivity contribution is 7.89. The standard InChI is InChI=1S/C9H13ClN4O4S2/c1-11-5-14-4-6-2-7(10)8(12-19(15)16)3-9(6)20(17,18)13-14/h2-3,11-13H,4-5H2,1H3,(H,15,16). The molecule has 0 radical (unpaired) electrons. The van der Waals surface area contributed by atoms with Crippen molar-refractivity contribution in [3.63, 3.8) is 0 Å². The van der Waals surface area contributed by atoms with Crippen molar-refractivity contribution in [3.05, 3.63) is 22.7 Å². The van der Waals surface area contributed by atoms with Gasteiger partial charge in [0.05, 0.1) is 22.3 Å². The van der Waals surface area contributed by atoms with Gasteiger partial charge in [-0.3, -0.25) is 9.27 Å². The molecule has 0 saturated heterocycles. The molecule has 0 fully saturated rings. The van der Waals surface area contributed by atoms with E-state index < -0.39 is 21.3 Å². The van der Waals surface area contributed by atoms with Crippen LogP contribution in [-0.2, 0) is 27.8 Å². The molecule has 20 heavy (non-hydrogen) atoms. The Morgan fingerprint density at radius 1 is 1.55 bits per heavy atom. The molecule has 0 saturated carbocycles. The Morgan fingerprint density at radius 3 is 2.85 bits per heavy atom. The maximum absolute atomic E-state index is 12.1. The zero-order valence-corrected chi connectivity index (χ0v) is 12.8. The van der Waals surface area contributed by atoms with E-state index in [-0.39, 0.29) is 15.6 Å². The van der Waals surface area contributed by atoms with Crippen molar-refractivity contribution >= 4 is 38.6 Å². The molecule has 1 aliphatic rings. The van der Waals surface area contributed by atoms with Gasteiger partial charge >= 0.3 is 0 Å². The minimum absolute atomic E-state index is 0.0298. The lowest BCUT2D eigenvalue weighted by Gasteiger charge is -2.29. The topological polar surface area (TPSA) is 111 Å². The van der Waals surface area contributed by atoms with Gasteiger partial charge in [-0.15, -0.1) is 4.83 Å². The number of benzene rings is 1. The third-order valence-corrected chi connectivity index (χ3v) is 4.76. The van der Waals surface area contributed by atoms with Crippen molar-refractivity contribution in [3.8, 4) is 0 Å². The molecule has 8 nitrogen and oxygen atoms in total. The summed E-state index contributed by atoms with van der Waals surface area (Å²) >= 11 is 3.63. The highest BCUT2D eigenvalue weighted by atomic mass is 35.5. The van der Waals surface area contributed by atoms with Gasteiger partial charge in [-0.2, -0.15) is 0 Å². The summed E-state index contributed by atoms with van der Waals surface area (Å²) in [4.78, 5) is 2.41. The summed E-state index contributed by atoms with van der Waals surface area (Å²) in [5.74, 6) is 0. The van der Waals surface area contributed by atoms with Gasteiger partial charge in [0, 0.05) is 6.54 Å². The summed E-state index contributed by atoms with van der Waals surface area (Å²) in [5.41, 5.74) is 0.594. The molecule has 0 aromatic heterocycles. The van der Waals surface area contributed by atoms with Crippen LogP contribution >= 0.6 is 11.6 Å². The first-order valence-electron chi connectivity index (χ1n) is 5.45. The highest BCUT2D eigenvalue weighted by Crippen LogP contribution is 2.31. The van der Waals surface area contributed by atoms with E-state index in [1.165, 1.54) is 17.1 Å². The number of hydrazine groups is 1. The van der Waals surface area contributed by atoms with Crippen LogP contribution in [0.15, 0.2) is 17.0 Å². The third-order valence-electron chi connectivity index (χ3n) is 2.60. The lowest BCUT2D eigenvalue weighted by atomic mass is 10.2. The maximum Gasteiger partial charge on any atom is 0.259 e. The zero-order chi connectivity index (χ0) is 14.9. The molecule has 1 heterocycles. The number of hydrogen-bond donors (Lipinski definition) is 4. The smallest absolute Gasteiger partial charge is 0.259 e. The quantitative estimate of drug-likeness (QED) is 0.577. The molecule has 1 aromatic rings. The number of sulfonamides is 1. The number of hydrogen-bond acceptors (Lipinski definition) is 5. The van der Waals surface area contributed by atoms with E-state index >= 15 is 0 Å². The van der Waals surface area contributed by atoms with Crippen LogP contribution in [0, 0.1) is 0 Å².